The van der Waals surface area contributed by atoms with Crippen LogP contribution in [-0.2, 0) is 14.4 Å². The van der Waals surface area contributed by atoms with Crippen LogP contribution in [0.1, 0.15) is 13.3 Å². The number of rotatable bonds is 7. The summed E-state index contributed by atoms with van der Waals surface area (Å²) < 4.78 is 32.3. The summed E-state index contributed by atoms with van der Waals surface area (Å²) in [6.45, 7) is 2.54. The summed E-state index contributed by atoms with van der Waals surface area (Å²) in [5.41, 5.74) is 0.739. The molecule has 1 aliphatic carbocycles. The molecule has 0 saturated heterocycles. The van der Waals surface area contributed by atoms with E-state index in [2.05, 4.69) is 20.3 Å². The fourth-order valence-electron chi connectivity index (χ4n) is 3.13. The summed E-state index contributed by atoms with van der Waals surface area (Å²) in [5, 5.41) is 8.24. The van der Waals surface area contributed by atoms with Crippen molar-refractivity contribution in [1.29, 1.82) is 0 Å². The Balaban J connectivity index is 1.70. The van der Waals surface area contributed by atoms with Gasteiger partial charge in [-0.2, -0.15) is 14.4 Å². The Hall–Kier alpha value is -3.66. The Labute approximate surface area is 194 Å². The number of para-hydroxylation sites is 1. The Kier molecular flexibility index (Phi) is 7.04. The maximum Gasteiger partial charge on any atom is 0.280 e. The molecule has 1 unspecified atom stereocenters. The number of oxime groups is 2. The van der Waals surface area contributed by atoms with Crippen LogP contribution in [-0.4, -0.2) is 41.9 Å². The van der Waals surface area contributed by atoms with Gasteiger partial charge < -0.3 is 23.9 Å². The molecule has 9 nitrogen and oxygen atoms in total. The second kappa shape index (κ2) is 10.3. The minimum Gasteiger partial charge on any atom is -0.470 e. The fraction of sp³-hybridized carbons (Fsp3) is 0.273. The van der Waals surface area contributed by atoms with E-state index in [4.69, 9.17) is 35.5 Å². The molecule has 0 amide bonds. The smallest absolute Gasteiger partial charge is 0.280 e. The number of hydrogen-bond acceptors (Lipinski definition) is 9. The average molecular weight is 475 g/mol. The zero-order valence-electron chi connectivity index (χ0n) is 17.8. The molecule has 1 aromatic carbocycles. The number of nitrogens with zero attached hydrogens (tertiary/aromatic N) is 4. The summed E-state index contributed by atoms with van der Waals surface area (Å²) in [7, 11) is 1.39. The molecule has 4 rings (SSSR count). The Morgan fingerprint density at radius 1 is 1.18 bits per heavy atom. The fourth-order valence-corrected chi connectivity index (χ4v) is 3.30. The molecule has 1 aliphatic heterocycles. The van der Waals surface area contributed by atoms with E-state index in [1.807, 2.05) is 13.0 Å². The van der Waals surface area contributed by atoms with E-state index in [0.29, 0.717) is 36.0 Å². The van der Waals surface area contributed by atoms with E-state index < -0.39 is 5.82 Å². The van der Waals surface area contributed by atoms with Crippen molar-refractivity contribution in [2.45, 2.75) is 13.3 Å². The maximum atomic E-state index is 15.2. The van der Waals surface area contributed by atoms with Crippen LogP contribution >= 0.6 is 11.6 Å². The van der Waals surface area contributed by atoms with Crippen molar-refractivity contribution in [2.24, 2.45) is 16.2 Å². The van der Waals surface area contributed by atoms with Crippen molar-refractivity contribution in [3.8, 4) is 17.5 Å². The van der Waals surface area contributed by atoms with Gasteiger partial charge >= 0.3 is 0 Å². The van der Waals surface area contributed by atoms with Gasteiger partial charge in [-0.1, -0.05) is 48.0 Å². The Morgan fingerprint density at radius 3 is 2.70 bits per heavy atom. The molecule has 0 N–H and O–H groups in total. The molecule has 1 aromatic heterocycles. The molecular formula is C22H20ClFN4O5. The van der Waals surface area contributed by atoms with Crippen LogP contribution < -0.4 is 9.47 Å². The lowest BCUT2D eigenvalue weighted by atomic mass is 9.92. The zero-order valence-corrected chi connectivity index (χ0v) is 18.6. The normalized spacial score (nSPS) is 18.2. The number of benzene rings is 1. The van der Waals surface area contributed by atoms with Crippen LogP contribution in [0.3, 0.4) is 0 Å². The molecule has 11 heteroatoms. The summed E-state index contributed by atoms with van der Waals surface area (Å²) in [6.07, 6.45) is 5.50. The second-order valence-corrected chi connectivity index (χ2v) is 7.36. The van der Waals surface area contributed by atoms with E-state index >= 15 is 4.39 Å². The summed E-state index contributed by atoms with van der Waals surface area (Å²) in [6, 6.07) is 6.66. The topological polar surface area (TPSA) is 96.7 Å². The average Bonchev–Trinajstić information content (AvgIpc) is 2.83. The molecule has 2 aromatic rings. The van der Waals surface area contributed by atoms with Gasteiger partial charge in [-0.25, -0.2) is 0 Å². The highest BCUT2D eigenvalue weighted by molar-refractivity contribution is 6.46. The van der Waals surface area contributed by atoms with E-state index in [0.717, 1.165) is 6.33 Å². The van der Waals surface area contributed by atoms with Crippen LogP contribution in [0.2, 0.25) is 5.02 Å². The monoisotopic (exact) mass is 474 g/mol. The SMILES string of the molecule is CO/N=C(/C1=NOCCO1)C1=C(Oc2ncnc(Oc3ccccc3Cl)c2F)C(C)CC=C1. The van der Waals surface area contributed by atoms with Crippen molar-refractivity contribution < 1.29 is 28.3 Å². The predicted octanol–water partition coefficient (Wildman–Crippen LogP) is 4.65. The van der Waals surface area contributed by atoms with Gasteiger partial charge in [-0.15, -0.1) is 0 Å². The first kappa shape index (κ1) is 22.5. The third kappa shape index (κ3) is 5.06. The van der Waals surface area contributed by atoms with Crippen molar-refractivity contribution in [1.82, 2.24) is 9.97 Å². The van der Waals surface area contributed by atoms with Gasteiger partial charge in [0.05, 0.1) is 5.02 Å². The third-order valence-electron chi connectivity index (χ3n) is 4.66. The van der Waals surface area contributed by atoms with Gasteiger partial charge in [-0.3, -0.25) is 0 Å². The lowest BCUT2D eigenvalue weighted by Gasteiger charge is -2.23. The molecule has 0 saturated carbocycles. The van der Waals surface area contributed by atoms with Crippen molar-refractivity contribution in [3.05, 3.63) is 64.9 Å². The third-order valence-corrected chi connectivity index (χ3v) is 4.98. The molecule has 1 atom stereocenters. The second-order valence-electron chi connectivity index (χ2n) is 6.95. The van der Waals surface area contributed by atoms with E-state index in [-0.39, 0.29) is 35.0 Å². The van der Waals surface area contributed by atoms with Gasteiger partial charge in [0.25, 0.3) is 17.7 Å². The van der Waals surface area contributed by atoms with Crippen molar-refractivity contribution >= 4 is 23.2 Å². The Bertz CT molecular complexity index is 1150. The highest BCUT2D eigenvalue weighted by Gasteiger charge is 2.29. The lowest BCUT2D eigenvalue weighted by Crippen LogP contribution is -2.28. The van der Waals surface area contributed by atoms with Crippen LogP contribution in [0, 0.1) is 11.7 Å². The standard InChI is InChI=1S/C22H20ClFN4O5/c1-13-6-5-7-14(18(27-29-2)22-28-31-11-10-30-22)19(13)33-21-17(24)20(25-12-26-21)32-16-9-4-3-8-15(16)23/h3-5,7-9,12-13H,6,10-11H2,1-2H3/b27-18+. The minimum absolute atomic E-state index is 0.129. The lowest BCUT2D eigenvalue weighted by molar-refractivity contribution is 0.0672. The van der Waals surface area contributed by atoms with Crippen LogP contribution in [0.4, 0.5) is 4.39 Å². The van der Waals surface area contributed by atoms with Crippen LogP contribution in [0.5, 0.6) is 17.5 Å². The molecule has 0 spiro atoms. The number of hydrogen-bond donors (Lipinski definition) is 0. The van der Waals surface area contributed by atoms with Gasteiger partial charge in [0.2, 0.25) is 5.82 Å². The first-order valence-electron chi connectivity index (χ1n) is 10.0. The largest absolute Gasteiger partial charge is 0.470 e. The first-order valence-corrected chi connectivity index (χ1v) is 10.4. The van der Waals surface area contributed by atoms with Gasteiger partial charge in [0.1, 0.15) is 31.6 Å². The molecule has 2 heterocycles. The molecule has 172 valence electrons. The maximum absolute atomic E-state index is 15.2. The molecule has 0 radical (unpaired) electrons. The highest BCUT2D eigenvalue weighted by atomic mass is 35.5. The summed E-state index contributed by atoms with van der Waals surface area (Å²) >= 11 is 6.10. The highest BCUT2D eigenvalue weighted by Crippen LogP contribution is 2.34. The quantitative estimate of drug-likeness (QED) is 0.425. The minimum atomic E-state index is -0.883. The van der Waals surface area contributed by atoms with E-state index in [1.54, 1.807) is 30.3 Å². The number of ether oxygens (including phenoxy) is 3. The predicted molar refractivity (Wildman–Crippen MR) is 118 cm³/mol. The first-order chi connectivity index (χ1) is 16.1. The van der Waals surface area contributed by atoms with E-state index in [1.165, 1.54) is 7.11 Å². The number of aromatic nitrogens is 2. The van der Waals surface area contributed by atoms with Crippen LogP contribution in [0.15, 0.2) is 64.4 Å². The molecule has 2 aliphatic rings. The number of allylic oxidation sites excluding steroid dienone is 3. The van der Waals surface area contributed by atoms with Crippen molar-refractivity contribution in [3.63, 3.8) is 0 Å². The van der Waals surface area contributed by atoms with Gasteiger partial charge in [0.15, 0.2) is 12.3 Å². The van der Waals surface area contributed by atoms with Gasteiger partial charge in [0, 0.05) is 11.5 Å². The molecular weight excluding hydrogens is 455 g/mol. The summed E-state index contributed by atoms with van der Waals surface area (Å²) in [5.74, 6) is -0.895. The molecule has 0 fully saturated rings. The van der Waals surface area contributed by atoms with Gasteiger partial charge in [-0.05, 0) is 23.7 Å². The summed E-state index contributed by atoms with van der Waals surface area (Å²) in [4.78, 5) is 17.9. The molecule has 0 bridgehead atoms. The van der Waals surface area contributed by atoms with Crippen LogP contribution in [0.25, 0.3) is 0 Å². The number of halogens is 2. The van der Waals surface area contributed by atoms with Crippen molar-refractivity contribution in [2.75, 3.05) is 20.3 Å². The Morgan fingerprint density at radius 2 is 1.97 bits per heavy atom. The molecule has 33 heavy (non-hydrogen) atoms. The zero-order chi connectivity index (χ0) is 23.2. The van der Waals surface area contributed by atoms with E-state index in [9.17, 15) is 0 Å².